The van der Waals surface area contributed by atoms with Crippen LogP contribution in [0, 0.1) is 0 Å². The average Bonchev–Trinajstić information content (AvgIpc) is 3.42. The molecule has 4 rings (SSSR count). The highest BCUT2D eigenvalue weighted by Crippen LogP contribution is 2.26. The minimum Gasteiger partial charge on any atom is -0.399 e. The van der Waals surface area contributed by atoms with E-state index in [-0.39, 0.29) is 6.04 Å². The lowest BCUT2D eigenvalue weighted by atomic mass is 10.0. The summed E-state index contributed by atoms with van der Waals surface area (Å²) in [7, 11) is -1.48. The van der Waals surface area contributed by atoms with E-state index in [1.54, 1.807) is 28.6 Å². The lowest BCUT2D eigenvalue weighted by molar-refractivity contribution is 0.145. The molecular weight excluding hydrogens is 410 g/mol. The zero-order valence-electron chi connectivity index (χ0n) is 18.5. The number of piperidine rings is 1. The van der Waals surface area contributed by atoms with Gasteiger partial charge in [-0.25, -0.2) is 8.42 Å². The molecule has 0 unspecified atom stereocenters. The molecule has 0 saturated carbocycles. The van der Waals surface area contributed by atoms with Crippen LogP contribution in [-0.2, 0) is 23.6 Å². The first-order valence-electron chi connectivity index (χ1n) is 11.4. The summed E-state index contributed by atoms with van der Waals surface area (Å²) < 4.78 is 31.1. The number of aryl methyl sites for hydroxylation is 1. The fourth-order valence-corrected chi connectivity index (χ4v) is 6.45. The molecule has 2 aromatic rings. The SMILES string of the molecule is Cn1cccc1CN1CCC(N(CCN2CCCC2)S(=O)(=O)c2ccc(N)cc2)CC1. The molecule has 0 radical (unpaired) electrons. The number of rotatable bonds is 8. The maximum atomic E-state index is 13.6. The van der Waals surface area contributed by atoms with Gasteiger partial charge in [-0.3, -0.25) is 4.90 Å². The molecule has 0 spiro atoms. The van der Waals surface area contributed by atoms with E-state index in [0.717, 1.165) is 52.1 Å². The van der Waals surface area contributed by atoms with E-state index >= 15 is 0 Å². The Morgan fingerprint density at radius 3 is 2.29 bits per heavy atom. The van der Waals surface area contributed by atoms with Gasteiger partial charge >= 0.3 is 0 Å². The predicted octanol–water partition coefficient (Wildman–Crippen LogP) is 2.36. The first kappa shape index (κ1) is 22.3. The van der Waals surface area contributed by atoms with Gasteiger partial charge in [0.1, 0.15) is 0 Å². The fourth-order valence-electron chi connectivity index (χ4n) is 4.78. The minimum atomic E-state index is -3.55. The standard InChI is InChI=1S/C23H35N5O2S/c1-25-12-4-5-22(25)19-27-15-10-21(11-16-27)28(18-17-26-13-2-3-14-26)31(29,30)23-8-6-20(24)7-9-23/h4-9,12,21H,2-3,10-11,13-19,24H2,1H3. The van der Waals surface area contributed by atoms with Crippen molar-refractivity contribution in [3.8, 4) is 0 Å². The van der Waals surface area contributed by atoms with Crippen LogP contribution < -0.4 is 5.73 Å². The highest BCUT2D eigenvalue weighted by atomic mass is 32.2. The quantitative estimate of drug-likeness (QED) is 0.632. The third-order valence-corrected chi connectivity index (χ3v) is 8.69. The number of nitrogens with zero attached hydrogens (tertiary/aromatic N) is 4. The Balaban J connectivity index is 1.46. The Labute approximate surface area is 186 Å². The van der Waals surface area contributed by atoms with Gasteiger partial charge in [-0.15, -0.1) is 0 Å². The molecule has 0 bridgehead atoms. The molecule has 2 aliphatic rings. The number of hydrogen-bond acceptors (Lipinski definition) is 5. The van der Waals surface area contributed by atoms with Crippen molar-refractivity contribution in [3.05, 3.63) is 48.3 Å². The Hall–Kier alpha value is -1.87. The minimum absolute atomic E-state index is 0.0369. The van der Waals surface area contributed by atoms with Gasteiger partial charge < -0.3 is 15.2 Å². The van der Waals surface area contributed by atoms with E-state index in [1.807, 2.05) is 0 Å². The number of aromatic nitrogens is 1. The highest BCUT2D eigenvalue weighted by Gasteiger charge is 2.34. The largest absolute Gasteiger partial charge is 0.399 e. The number of sulfonamides is 1. The van der Waals surface area contributed by atoms with Crippen molar-refractivity contribution < 1.29 is 8.42 Å². The molecule has 31 heavy (non-hydrogen) atoms. The number of benzene rings is 1. The normalized spacial score (nSPS) is 19.4. The lowest BCUT2D eigenvalue weighted by Crippen LogP contribution is -2.49. The fraction of sp³-hybridized carbons (Fsp3) is 0.565. The van der Waals surface area contributed by atoms with Crippen LogP contribution in [0.25, 0.3) is 0 Å². The van der Waals surface area contributed by atoms with E-state index < -0.39 is 10.0 Å². The van der Waals surface area contributed by atoms with Crippen molar-refractivity contribution in [2.75, 3.05) is 45.0 Å². The Morgan fingerprint density at radius 1 is 1.00 bits per heavy atom. The third-order valence-electron chi connectivity index (χ3n) is 6.72. The van der Waals surface area contributed by atoms with Gasteiger partial charge in [0.2, 0.25) is 10.0 Å². The molecule has 8 heteroatoms. The zero-order chi connectivity index (χ0) is 21.8. The number of nitrogen functional groups attached to an aromatic ring is 1. The maximum Gasteiger partial charge on any atom is 0.243 e. The first-order valence-corrected chi connectivity index (χ1v) is 12.8. The van der Waals surface area contributed by atoms with Crippen molar-refractivity contribution in [2.45, 2.75) is 43.2 Å². The van der Waals surface area contributed by atoms with Crippen LogP contribution in [0.4, 0.5) is 5.69 Å². The maximum absolute atomic E-state index is 13.6. The van der Waals surface area contributed by atoms with Gasteiger partial charge in [-0.05, 0) is 75.2 Å². The third kappa shape index (κ3) is 5.31. The van der Waals surface area contributed by atoms with E-state index in [1.165, 1.54) is 18.5 Å². The van der Waals surface area contributed by atoms with E-state index in [4.69, 9.17) is 5.73 Å². The van der Waals surface area contributed by atoms with Gasteiger partial charge in [-0.1, -0.05) is 0 Å². The molecule has 170 valence electrons. The summed E-state index contributed by atoms with van der Waals surface area (Å²) in [6.45, 7) is 6.23. The summed E-state index contributed by atoms with van der Waals surface area (Å²) in [5.74, 6) is 0. The second-order valence-corrected chi connectivity index (χ2v) is 10.7. The van der Waals surface area contributed by atoms with Crippen molar-refractivity contribution in [2.24, 2.45) is 7.05 Å². The van der Waals surface area contributed by atoms with Crippen LogP contribution in [0.3, 0.4) is 0 Å². The van der Waals surface area contributed by atoms with Gasteiger partial charge in [0.15, 0.2) is 0 Å². The van der Waals surface area contributed by atoms with Crippen LogP contribution in [-0.4, -0.2) is 72.4 Å². The summed E-state index contributed by atoms with van der Waals surface area (Å²) in [5, 5.41) is 0. The van der Waals surface area contributed by atoms with Crippen LogP contribution in [0.2, 0.25) is 0 Å². The summed E-state index contributed by atoms with van der Waals surface area (Å²) >= 11 is 0. The summed E-state index contributed by atoms with van der Waals surface area (Å²) in [4.78, 5) is 5.16. The second-order valence-electron chi connectivity index (χ2n) is 8.85. The van der Waals surface area contributed by atoms with Crippen molar-refractivity contribution in [3.63, 3.8) is 0 Å². The monoisotopic (exact) mass is 445 g/mol. The number of nitrogens with two attached hydrogens (primary N) is 1. The van der Waals surface area contributed by atoms with Gasteiger partial charge in [0.05, 0.1) is 4.90 Å². The van der Waals surface area contributed by atoms with Crippen LogP contribution in [0.5, 0.6) is 0 Å². The average molecular weight is 446 g/mol. The predicted molar refractivity (Wildman–Crippen MR) is 124 cm³/mol. The molecule has 0 atom stereocenters. The molecule has 2 N–H and O–H groups in total. The molecular formula is C23H35N5O2S. The summed E-state index contributed by atoms with van der Waals surface area (Å²) in [6.07, 6.45) is 6.21. The van der Waals surface area contributed by atoms with Gasteiger partial charge in [0, 0.05) is 63.4 Å². The van der Waals surface area contributed by atoms with Gasteiger partial charge in [-0.2, -0.15) is 4.31 Å². The number of hydrogen-bond donors (Lipinski definition) is 1. The topological polar surface area (TPSA) is 74.8 Å². The number of likely N-dealkylation sites (tertiary alicyclic amines) is 2. The van der Waals surface area contributed by atoms with E-state index in [0.29, 0.717) is 17.1 Å². The Morgan fingerprint density at radius 2 is 1.68 bits per heavy atom. The zero-order valence-corrected chi connectivity index (χ0v) is 19.3. The first-order chi connectivity index (χ1) is 14.9. The van der Waals surface area contributed by atoms with Crippen molar-refractivity contribution in [1.82, 2.24) is 18.7 Å². The molecule has 1 aromatic heterocycles. The van der Waals surface area contributed by atoms with Crippen LogP contribution >= 0.6 is 0 Å². The van der Waals surface area contributed by atoms with Crippen LogP contribution in [0.1, 0.15) is 31.4 Å². The number of anilines is 1. The summed E-state index contributed by atoms with van der Waals surface area (Å²) in [6, 6.07) is 10.9. The molecule has 3 heterocycles. The molecule has 7 nitrogen and oxygen atoms in total. The molecule has 2 fully saturated rings. The molecule has 2 saturated heterocycles. The molecule has 0 amide bonds. The van der Waals surface area contributed by atoms with Crippen molar-refractivity contribution in [1.29, 1.82) is 0 Å². The Bertz CT molecular complexity index is 943. The molecule has 1 aromatic carbocycles. The lowest BCUT2D eigenvalue weighted by Gasteiger charge is -2.38. The van der Waals surface area contributed by atoms with Crippen molar-refractivity contribution >= 4 is 15.7 Å². The smallest absolute Gasteiger partial charge is 0.243 e. The Kier molecular flexibility index (Phi) is 7.01. The molecule has 2 aliphatic heterocycles. The van der Waals surface area contributed by atoms with E-state index in [9.17, 15) is 8.42 Å². The second kappa shape index (κ2) is 9.73. The van der Waals surface area contributed by atoms with Crippen LogP contribution in [0.15, 0.2) is 47.5 Å². The van der Waals surface area contributed by atoms with Gasteiger partial charge in [0.25, 0.3) is 0 Å². The highest BCUT2D eigenvalue weighted by molar-refractivity contribution is 7.89. The summed E-state index contributed by atoms with van der Waals surface area (Å²) in [5.41, 5.74) is 7.66. The molecule has 0 aliphatic carbocycles. The van der Waals surface area contributed by atoms with E-state index in [2.05, 4.69) is 39.7 Å².